The van der Waals surface area contributed by atoms with Crippen LogP contribution < -0.4 is 10.2 Å². The molecule has 0 amide bonds. The summed E-state index contributed by atoms with van der Waals surface area (Å²) in [5, 5.41) is 14.5. The van der Waals surface area contributed by atoms with Gasteiger partial charge in [0.2, 0.25) is 11.6 Å². The molecule has 0 aromatic carbocycles. The van der Waals surface area contributed by atoms with Crippen molar-refractivity contribution in [3.63, 3.8) is 0 Å². The molecule has 1 N–H and O–H groups in total. The maximum absolute atomic E-state index is 11.5. The Morgan fingerprint density at radius 3 is 2.86 bits per heavy atom. The summed E-state index contributed by atoms with van der Waals surface area (Å²) < 4.78 is 0. The van der Waals surface area contributed by atoms with Gasteiger partial charge in [-0.15, -0.1) is 0 Å². The van der Waals surface area contributed by atoms with Crippen molar-refractivity contribution in [2.45, 2.75) is 52.0 Å². The number of nitro groups is 1. The fraction of sp³-hybridized carbons (Fsp3) is 0.714. The van der Waals surface area contributed by atoms with Crippen LogP contribution in [0.4, 0.5) is 17.3 Å². The summed E-state index contributed by atoms with van der Waals surface area (Å²) >= 11 is 0. The van der Waals surface area contributed by atoms with Crippen molar-refractivity contribution in [3.8, 4) is 0 Å². The zero-order chi connectivity index (χ0) is 15.2. The highest BCUT2D eigenvalue weighted by atomic mass is 16.6. The lowest BCUT2D eigenvalue weighted by molar-refractivity contribution is -0.383. The van der Waals surface area contributed by atoms with Crippen LogP contribution in [0.15, 0.2) is 6.33 Å². The van der Waals surface area contributed by atoms with E-state index in [-0.39, 0.29) is 10.6 Å². The zero-order valence-corrected chi connectivity index (χ0v) is 12.7. The van der Waals surface area contributed by atoms with Gasteiger partial charge in [-0.2, -0.15) is 0 Å². The summed E-state index contributed by atoms with van der Waals surface area (Å²) in [4.78, 5) is 21.5. The van der Waals surface area contributed by atoms with Crippen molar-refractivity contribution in [1.82, 2.24) is 9.97 Å². The summed E-state index contributed by atoms with van der Waals surface area (Å²) in [6.45, 7) is 5.43. The number of anilines is 2. The van der Waals surface area contributed by atoms with Crippen LogP contribution in [0.3, 0.4) is 0 Å². The average Bonchev–Trinajstić information content (AvgIpc) is 2.72. The van der Waals surface area contributed by atoms with E-state index >= 15 is 0 Å². The SMILES string of the molecule is CCNc1ncnc(N2CCCCCC2CC)c1[N+](=O)[O-]. The van der Waals surface area contributed by atoms with Gasteiger partial charge in [-0.1, -0.05) is 19.8 Å². The van der Waals surface area contributed by atoms with Crippen LogP contribution in [0.2, 0.25) is 0 Å². The van der Waals surface area contributed by atoms with Crippen LogP contribution in [0.25, 0.3) is 0 Å². The van der Waals surface area contributed by atoms with Gasteiger partial charge < -0.3 is 10.2 Å². The van der Waals surface area contributed by atoms with Crippen molar-refractivity contribution in [1.29, 1.82) is 0 Å². The molecule has 0 aliphatic carbocycles. The second-order valence-corrected chi connectivity index (χ2v) is 5.29. The number of hydrogen-bond acceptors (Lipinski definition) is 6. The second kappa shape index (κ2) is 7.19. The summed E-state index contributed by atoms with van der Waals surface area (Å²) in [6.07, 6.45) is 6.85. The molecule has 1 aromatic heterocycles. The molecular formula is C14H23N5O2. The first kappa shape index (κ1) is 15.5. The quantitative estimate of drug-likeness (QED) is 0.663. The Bertz CT molecular complexity index is 494. The number of rotatable bonds is 5. The lowest BCUT2D eigenvalue weighted by Gasteiger charge is -2.30. The van der Waals surface area contributed by atoms with E-state index in [4.69, 9.17) is 0 Å². The number of nitrogens with one attached hydrogen (secondary N) is 1. The molecule has 1 aromatic rings. The Morgan fingerprint density at radius 2 is 2.19 bits per heavy atom. The molecule has 0 saturated carbocycles. The second-order valence-electron chi connectivity index (χ2n) is 5.29. The Labute approximate surface area is 124 Å². The number of hydrogen-bond donors (Lipinski definition) is 1. The minimum Gasteiger partial charge on any atom is -0.364 e. The minimum absolute atomic E-state index is 0.000278. The molecule has 7 nitrogen and oxygen atoms in total. The topological polar surface area (TPSA) is 84.2 Å². The van der Waals surface area contributed by atoms with Crippen molar-refractivity contribution in [2.75, 3.05) is 23.3 Å². The maximum atomic E-state index is 11.5. The zero-order valence-electron chi connectivity index (χ0n) is 12.7. The molecule has 1 unspecified atom stereocenters. The smallest absolute Gasteiger partial charge is 0.353 e. The fourth-order valence-electron chi connectivity index (χ4n) is 2.93. The van der Waals surface area contributed by atoms with Gasteiger partial charge in [0.1, 0.15) is 6.33 Å². The van der Waals surface area contributed by atoms with Gasteiger partial charge in [0.05, 0.1) is 4.92 Å². The molecule has 1 aliphatic heterocycles. The first-order chi connectivity index (χ1) is 10.2. The lowest BCUT2D eigenvalue weighted by atomic mass is 10.1. The van der Waals surface area contributed by atoms with E-state index in [0.717, 1.165) is 25.8 Å². The van der Waals surface area contributed by atoms with Crippen molar-refractivity contribution >= 4 is 17.3 Å². The van der Waals surface area contributed by atoms with E-state index < -0.39 is 0 Å². The lowest BCUT2D eigenvalue weighted by Crippen LogP contribution is -2.35. The Morgan fingerprint density at radius 1 is 1.38 bits per heavy atom. The Hall–Kier alpha value is -1.92. The monoisotopic (exact) mass is 293 g/mol. The normalized spacial score (nSPS) is 19.1. The summed E-state index contributed by atoms with van der Waals surface area (Å²) in [5.74, 6) is 0.770. The van der Waals surface area contributed by atoms with Crippen LogP contribution in [-0.4, -0.2) is 34.0 Å². The summed E-state index contributed by atoms with van der Waals surface area (Å²) in [7, 11) is 0. The molecule has 1 atom stereocenters. The summed E-state index contributed by atoms with van der Waals surface area (Å²) in [5.41, 5.74) is -0.000278. The van der Waals surface area contributed by atoms with Crippen LogP contribution in [-0.2, 0) is 0 Å². The molecule has 0 bridgehead atoms. The van der Waals surface area contributed by atoms with E-state index in [1.807, 2.05) is 6.92 Å². The van der Waals surface area contributed by atoms with Gasteiger partial charge in [0.25, 0.3) is 0 Å². The first-order valence-electron chi connectivity index (χ1n) is 7.68. The largest absolute Gasteiger partial charge is 0.364 e. The van der Waals surface area contributed by atoms with Crippen LogP contribution in [0, 0.1) is 10.1 Å². The van der Waals surface area contributed by atoms with Gasteiger partial charge >= 0.3 is 5.69 Å². The van der Waals surface area contributed by atoms with Crippen LogP contribution in [0.5, 0.6) is 0 Å². The molecule has 116 valence electrons. The predicted octanol–water partition coefficient (Wildman–Crippen LogP) is 2.98. The fourth-order valence-corrected chi connectivity index (χ4v) is 2.93. The van der Waals surface area contributed by atoms with Crippen molar-refractivity contribution in [2.24, 2.45) is 0 Å². The van der Waals surface area contributed by atoms with E-state index in [0.29, 0.717) is 24.2 Å². The predicted molar refractivity (Wildman–Crippen MR) is 82.7 cm³/mol. The number of aromatic nitrogens is 2. The number of nitrogens with zero attached hydrogens (tertiary/aromatic N) is 4. The average molecular weight is 293 g/mol. The van der Waals surface area contributed by atoms with E-state index in [1.165, 1.54) is 19.2 Å². The van der Waals surface area contributed by atoms with E-state index in [1.54, 1.807) is 0 Å². The highest BCUT2D eigenvalue weighted by Gasteiger charge is 2.30. The molecule has 7 heteroatoms. The third-order valence-corrected chi connectivity index (χ3v) is 3.95. The van der Waals surface area contributed by atoms with Crippen molar-refractivity contribution < 1.29 is 4.92 Å². The van der Waals surface area contributed by atoms with E-state index in [2.05, 4.69) is 27.1 Å². The molecule has 0 spiro atoms. The highest BCUT2D eigenvalue weighted by Crippen LogP contribution is 2.35. The van der Waals surface area contributed by atoms with Gasteiger partial charge in [-0.05, 0) is 26.2 Å². The highest BCUT2D eigenvalue weighted by molar-refractivity contribution is 5.70. The molecule has 1 saturated heterocycles. The molecule has 1 fully saturated rings. The van der Waals surface area contributed by atoms with Gasteiger partial charge in [-0.3, -0.25) is 10.1 Å². The first-order valence-corrected chi connectivity index (χ1v) is 7.68. The minimum atomic E-state index is -0.370. The molecule has 2 heterocycles. The standard InChI is InChI=1S/C14H23N5O2/c1-3-11-8-6-5-7-9-18(11)14-12(19(20)21)13(15-4-2)16-10-17-14/h10-11H,3-9H2,1-2H3,(H,15,16,17). The molecule has 0 radical (unpaired) electrons. The Kier molecular flexibility index (Phi) is 5.30. The van der Waals surface area contributed by atoms with Crippen LogP contribution in [0.1, 0.15) is 46.0 Å². The third-order valence-electron chi connectivity index (χ3n) is 3.95. The molecule has 1 aliphatic rings. The van der Waals surface area contributed by atoms with E-state index in [9.17, 15) is 10.1 Å². The van der Waals surface area contributed by atoms with Crippen molar-refractivity contribution in [3.05, 3.63) is 16.4 Å². The third kappa shape index (κ3) is 3.40. The van der Waals surface area contributed by atoms with Crippen LogP contribution >= 0.6 is 0 Å². The molecular weight excluding hydrogens is 270 g/mol. The molecule has 2 rings (SSSR count). The van der Waals surface area contributed by atoms with Gasteiger partial charge in [-0.25, -0.2) is 9.97 Å². The summed E-state index contributed by atoms with van der Waals surface area (Å²) in [6, 6.07) is 0.315. The molecule has 21 heavy (non-hydrogen) atoms. The van der Waals surface area contributed by atoms with Gasteiger partial charge in [0.15, 0.2) is 0 Å². The van der Waals surface area contributed by atoms with Gasteiger partial charge in [0, 0.05) is 19.1 Å². The maximum Gasteiger partial charge on any atom is 0.353 e. The Balaban J connectivity index is 2.45.